The first-order valence-corrected chi connectivity index (χ1v) is 21.7. The van der Waals surface area contributed by atoms with Gasteiger partial charge in [-0.05, 0) is 94.6 Å². The molecule has 312 valence electrons. The van der Waals surface area contributed by atoms with Crippen LogP contribution in [0.15, 0.2) is 71.5 Å². The molecule has 58 heavy (non-hydrogen) atoms. The van der Waals surface area contributed by atoms with Gasteiger partial charge in [-0.3, -0.25) is 29.4 Å². The smallest absolute Gasteiger partial charge is 0.412 e. The second-order valence-corrected chi connectivity index (χ2v) is 16.2. The van der Waals surface area contributed by atoms with Crippen LogP contribution in [0.4, 0.5) is 10.5 Å². The summed E-state index contributed by atoms with van der Waals surface area (Å²) in [4.78, 5) is 39.4. The Hall–Kier alpha value is -4.49. The molecule has 4 aromatic rings. The molecule has 12 nitrogen and oxygen atoms in total. The van der Waals surface area contributed by atoms with Crippen LogP contribution in [-0.2, 0) is 11.3 Å². The number of rotatable bonds is 18. The van der Waals surface area contributed by atoms with Gasteiger partial charge in [-0.15, -0.1) is 0 Å². The number of anilines is 1. The average Bonchev–Trinajstić information content (AvgIpc) is 3.21. The van der Waals surface area contributed by atoms with E-state index in [1.807, 2.05) is 80.6 Å². The molecule has 0 saturated carbocycles. The van der Waals surface area contributed by atoms with Gasteiger partial charge >= 0.3 is 6.09 Å². The van der Waals surface area contributed by atoms with Gasteiger partial charge in [-0.25, -0.2) is 9.78 Å². The number of ether oxygens (including phenoxy) is 3. The van der Waals surface area contributed by atoms with Crippen molar-refractivity contribution in [2.24, 2.45) is 0 Å². The number of piperidine rings is 2. The Morgan fingerprint density at radius 3 is 2.38 bits per heavy atom. The van der Waals surface area contributed by atoms with Crippen molar-refractivity contribution in [2.75, 3.05) is 71.4 Å². The number of nitrogens with zero attached hydrogens (tertiary/aromatic N) is 5. The molecule has 4 heterocycles. The van der Waals surface area contributed by atoms with Gasteiger partial charge in [-0.1, -0.05) is 49.6 Å². The molecule has 0 aliphatic carbocycles. The lowest BCUT2D eigenvalue weighted by Gasteiger charge is -2.48. The molecule has 3 fully saturated rings. The molecule has 2 bridgehead atoms. The second-order valence-electron chi connectivity index (χ2n) is 16.2. The van der Waals surface area contributed by atoms with E-state index >= 15 is 0 Å². The average molecular weight is 794 g/mol. The Balaban J connectivity index is 0.780. The number of hydrogen-bond donors (Lipinski definition) is 2. The van der Waals surface area contributed by atoms with Crippen LogP contribution in [0.2, 0.25) is 0 Å². The highest BCUT2D eigenvalue weighted by Crippen LogP contribution is 2.36. The summed E-state index contributed by atoms with van der Waals surface area (Å²) in [6.45, 7) is 13.2. The van der Waals surface area contributed by atoms with Crippen LogP contribution >= 0.6 is 0 Å². The third kappa shape index (κ3) is 10.6. The number of aromatic nitrogens is 2. The van der Waals surface area contributed by atoms with Gasteiger partial charge < -0.3 is 19.5 Å². The second kappa shape index (κ2) is 20.5. The third-order valence-corrected chi connectivity index (χ3v) is 12.2. The van der Waals surface area contributed by atoms with E-state index in [0.717, 1.165) is 87.8 Å². The maximum atomic E-state index is 13.9. The Bertz CT molecular complexity index is 2000. The quantitative estimate of drug-likeness (QED) is 0.102. The molecule has 0 spiro atoms. The van der Waals surface area contributed by atoms with Gasteiger partial charge in [-0.2, -0.15) is 0 Å². The van der Waals surface area contributed by atoms with E-state index in [4.69, 9.17) is 19.2 Å². The highest BCUT2D eigenvalue weighted by atomic mass is 16.6. The molecule has 12 heteroatoms. The normalized spacial score (nSPS) is 20.2. The number of aryl methyl sites for hydroxylation is 1. The van der Waals surface area contributed by atoms with Crippen molar-refractivity contribution in [1.29, 1.82) is 0 Å². The number of methoxy groups -OCH3 is 1. The number of carbonyl (C=O) groups is 1. The summed E-state index contributed by atoms with van der Waals surface area (Å²) < 4.78 is 19.1. The summed E-state index contributed by atoms with van der Waals surface area (Å²) in [6, 6.07) is 22.1. The van der Waals surface area contributed by atoms with Crippen LogP contribution in [0.3, 0.4) is 0 Å². The predicted octanol–water partition coefficient (Wildman–Crippen LogP) is 7.00. The van der Waals surface area contributed by atoms with E-state index in [1.54, 1.807) is 11.7 Å². The first kappa shape index (κ1) is 41.7. The SMILES string of the molecule is CCOc1ccccc1-n1c(CN2CCN(CCNCCCCCCN3C4CCCC3CC(OC(=O)Nc3cc(C)ccc3OC)C4)CC2)nc2ccccc2c1=O. The fourth-order valence-electron chi connectivity index (χ4n) is 9.18. The fraction of sp³-hybridized carbons (Fsp3) is 0.543. The third-order valence-electron chi connectivity index (χ3n) is 12.2. The van der Waals surface area contributed by atoms with Crippen molar-refractivity contribution in [1.82, 2.24) is 29.6 Å². The number of hydrogen-bond acceptors (Lipinski definition) is 10. The molecule has 7 rings (SSSR count). The van der Waals surface area contributed by atoms with Crippen LogP contribution in [0.25, 0.3) is 16.6 Å². The van der Waals surface area contributed by atoms with Crippen LogP contribution in [-0.4, -0.2) is 115 Å². The lowest BCUT2D eigenvalue weighted by molar-refractivity contribution is -0.0308. The van der Waals surface area contributed by atoms with E-state index in [9.17, 15) is 9.59 Å². The maximum Gasteiger partial charge on any atom is 0.412 e. The molecule has 0 radical (unpaired) electrons. The van der Waals surface area contributed by atoms with Crippen LogP contribution < -0.4 is 25.7 Å². The monoisotopic (exact) mass is 793 g/mol. The zero-order valence-corrected chi connectivity index (χ0v) is 34.8. The molecule has 3 saturated heterocycles. The van der Waals surface area contributed by atoms with Gasteiger partial charge in [0.2, 0.25) is 0 Å². The fourth-order valence-corrected chi connectivity index (χ4v) is 9.18. The van der Waals surface area contributed by atoms with Gasteiger partial charge in [0.15, 0.2) is 0 Å². The van der Waals surface area contributed by atoms with Crippen molar-refractivity contribution in [3.63, 3.8) is 0 Å². The molecule has 3 aromatic carbocycles. The predicted molar refractivity (Wildman–Crippen MR) is 231 cm³/mol. The molecular weight excluding hydrogens is 731 g/mol. The summed E-state index contributed by atoms with van der Waals surface area (Å²) >= 11 is 0. The lowest BCUT2D eigenvalue weighted by atomic mass is 9.82. The van der Waals surface area contributed by atoms with Crippen molar-refractivity contribution >= 4 is 22.7 Å². The molecule has 1 amide bonds. The standard InChI is InChI=1S/C46H63N7O5/c1-4-57-43-19-10-9-18-41(43)53-44(48-39-17-8-7-16-38(39)45(53)54)33-51-28-26-50(27-29-51)25-23-47-22-11-5-6-12-24-52-35-14-13-15-36(52)32-37(31-35)58-46(55)49-40-30-34(2)20-21-42(40)56-3/h7-10,16-21,30,35-37,47H,4-6,11-15,22-29,31-33H2,1-3H3,(H,49,55). The Labute approximate surface area is 343 Å². The minimum atomic E-state index is -0.391. The van der Waals surface area contributed by atoms with E-state index in [-0.39, 0.29) is 11.7 Å². The summed E-state index contributed by atoms with van der Waals surface area (Å²) in [5, 5.41) is 7.21. The zero-order chi connectivity index (χ0) is 40.3. The molecule has 2 atom stereocenters. The first-order valence-electron chi connectivity index (χ1n) is 21.7. The highest BCUT2D eigenvalue weighted by molar-refractivity contribution is 5.87. The number of benzene rings is 3. The summed E-state index contributed by atoms with van der Waals surface area (Å²) in [6.07, 6.45) is 9.96. The van der Waals surface area contributed by atoms with Gasteiger partial charge in [0.05, 0.1) is 42.5 Å². The molecule has 2 unspecified atom stereocenters. The van der Waals surface area contributed by atoms with Crippen LogP contribution in [0, 0.1) is 6.92 Å². The zero-order valence-electron chi connectivity index (χ0n) is 34.8. The molecule has 1 aromatic heterocycles. The number of piperazine rings is 1. The minimum absolute atomic E-state index is 0.0414. The van der Waals surface area contributed by atoms with E-state index in [0.29, 0.717) is 47.8 Å². The van der Waals surface area contributed by atoms with E-state index in [1.165, 1.54) is 44.9 Å². The Morgan fingerprint density at radius 1 is 0.845 bits per heavy atom. The van der Waals surface area contributed by atoms with E-state index in [2.05, 4.69) is 25.3 Å². The summed E-state index contributed by atoms with van der Waals surface area (Å²) in [5.41, 5.74) is 3.11. The number of nitrogens with one attached hydrogen (secondary N) is 2. The number of amides is 1. The lowest BCUT2D eigenvalue weighted by Crippen LogP contribution is -2.54. The van der Waals surface area contributed by atoms with Crippen molar-refractivity contribution in [3.05, 3.63) is 88.5 Å². The van der Waals surface area contributed by atoms with E-state index < -0.39 is 6.09 Å². The highest BCUT2D eigenvalue weighted by Gasteiger charge is 2.39. The molecule has 2 N–H and O–H groups in total. The topological polar surface area (TPSA) is 113 Å². The molecule has 3 aliphatic rings. The largest absolute Gasteiger partial charge is 0.495 e. The minimum Gasteiger partial charge on any atom is -0.495 e. The number of para-hydroxylation sites is 3. The summed E-state index contributed by atoms with van der Waals surface area (Å²) in [5.74, 6) is 2.07. The van der Waals surface area contributed by atoms with Crippen LogP contribution in [0.5, 0.6) is 11.5 Å². The maximum absolute atomic E-state index is 13.9. The first-order chi connectivity index (χ1) is 28.4. The molecular formula is C46H63N7O5. The van der Waals surface area contributed by atoms with Gasteiger partial charge in [0, 0.05) is 64.2 Å². The summed E-state index contributed by atoms with van der Waals surface area (Å²) in [7, 11) is 1.61. The number of unbranched alkanes of at least 4 members (excludes halogenated alkanes) is 3. The van der Waals surface area contributed by atoms with Crippen molar-refractivity contribution in [3.8, 4) is 17.2 Å². The number of fused-ring (bicyclic) bond motifs is 3. The van der Waals surface area contributed by atoms with Gasteiger partial charge in [0.25, 0.3) is 5.56 Å². The van der Waals surface area contributed by atoms with Crippen molar-refractivity contribution in [2.45, 2.75) is 96.4 Å². The van der Waals surface area contributed by atoms with Crippen molar-refractivity contribution < 1.29 is 19.0 Å². The Morgan fingerprint density at radius 2 is 1.59 bits per heavy atom. The van der Waals surface area contributed by atoms with Crippen LogP contribution in [0.1, 0.15) is 76.1 Å². The Kier molecular flexibility index (Phi) is 14.7. The molecule has 3 aliphatic heterocycles. The number of carbonyl (C=O) groups excluding carboxylic acids is 1. The van der Waals surface area contributed by atoms with Gasteiger partial charge in [0.1, 0.15) is 23.4 Å².